The topological polar surface area (TPSA) is 61.0 Å². The van der Waals surface area contributed by atoms with Gasteiger partial charge in [0, 0.05) is 17.8 Å². The van der Waals surface area contributed by atoms with Crippen LogP contribution in [-0.4, -0.2) is 9.97 Å². The maximum Gasteiger partial charge on any atom is 0.222 e. The SMILES string of the molecule is Cc1cc(Oc2ccc(N)c(F)c2)ncn1. The summed E-state index contributed by atoms with van der Waals surface area (Å²) in [5.41, 5.74) is 6.22. The number of nitrogen functional groups attached to an aromatic ring is 1. The molecule has 0 amide bonds. The summed E-state index contributed by atoms with van der Waals surface area (Å²) in [7, 11) is 0. The summed E-state index contributed by atoms with van der Waals surface area (Å²) in [5, 5.41) is 0. The number of anilines is 1. The highest BCUT2D eigenvalue weighted by molar-refractivity contribution is 5.44. The minimum atomic E-state index is -0.511. The van der Waals surface area contributed by atoms with Crippen LogP contribution in [0.3, 0.4) is 0 Å². The van der Waals surface area contributed by atoms with Gasteiger partial charge in [0.2, 0.25) is 5.88 Å². The monoisotopic (exact) mass is 219 g/mol. The van der Waals surface area contributed by atoms with Crippen molar-refractivity contribution in [2.45, 2.75) is 6.92 Å². The lowest BCUT2D eigenvalue weighted by Gasteiger charge is -2.05. The molecule has 1 heterocycles. The molecule has 0 aliphatic rings. The highest BCUT2D eigenvalue weighted by Gasteiger charge is 2.03. The molecular weight excluding hydrogens is 209 g/mol. The van der Waals surface area contributed by atoms with E-state index >= 15 is 0 Å². The van der Waals surface area contributed by atoms with Gasteiger partial charge in [0.05, 0.1) is 5.69 Å². The normalized spacial score (nSPS) is 10.1. The van der Waals surface area contributed by atoms with Gasteiger partial charge in [-0.15, -0.1) is 0 Å². The van der Waals surface area contributed by atoms with Gasteiger partial charge < -0.3 is 10.5 Å². The second-order valence-electron chi connectivity index (χ2n) is 3.28. The Balaban J connectivity index is 2.24. The number of hydrogen-bond donors (Lipinski definition) is 1. The van der Waals surface area contributed by atoms with Gasteiger partial charge in [0.15, 0.2) is 0 Å². The third-order valence-corrected chi connectivity index (χ3v) is 1.97. The zero-order valence-electron chi connectivity index (χ0n) is 8.64. The van der Waals surface area contributed by atoms with Crippen LogP contribution >= 0.6 is 0 Å². The van der Waals surface area contributed by atoms with Crippen molar-refractivity contribution in [3.05, 3.63) is 42.1 Å². The molecule has 82 valence electrons. The second kappa shape index (κ2) is 4.14. The Kier molecular flexibility index (Phi) is 2.68. The minimum absolute atomic E-state index is 0.0891. The smallest absolute Gasteiger partial charge is 0.222 e. The van der Waals surface area contributed by atoms with Crippen LogP contribution in [0, 0.1) is 12.7 Å². The Morgan fingerprint density at radius 2 is 2.06 bits per heavy atom. The molecule has 0 saturated carbocycles. The molecule has 0 fully saturated rings. The molecule has 4 nitrogen and oxygen atoms in total. The number of nitrogens with zero attached hydrogens (tertiary/aromatic N) is 2. The summed E-state index contributed by atoms with van der Waals surface area (Å²) < 4.78 is 18.5. The molecular formula is C11H10FN3O. The molecule has 1 aromatic heterocycles. The van der Waals surface area contributed by atoms with Crippen molar-refractivity contribution < 1.29 is 9.13 Å². The van der Waals surface area contributed by atoms with E-state index in [9.17, 15) is 4.39 Å². The largest absolute Gasteiger partial charge is 0.439 e. The zero-order valence-corrected chi connectivity index (χ0v) is 8.64. The lowest BCUT2D eigenvalue weighted by atomic mass is 10.3. The molecule has 0 spiro atoms. The summed E-state index contributed by atoms with van der Waals surface area (Å²) in [5.74, 6) is 0.213. The molecule has 5 heteroatoms. The van der Waals surface area contributed by atoms with Crippen LogP contribution in [-0.2, 0) is 0 Å². The van der Waals surface area contributed by atoms with E-state index < -0.39 is 5.82 Å². The molecule has 0 atom stereocenters. The fourth-order valence-corrected chi connectivity index (χ4v) is 1.18. The third-order valence-electron chi connectivity index (χ3n) is 1.97. The van der Waals surface area contributed by atoms with Gasteiger partial charge in [0.1, 0.15) is 17.9 Å². The van der Waals surface area contributed by atoms with Crippen molar-refractivity contribution in [1.29, 1.82) is 0 Å². The molecule has 0 bridgehead atoms. The lowest BCUT2D eigenvalue weighted by molar-refractivity contribution is 0.456. The number of halogens is 1. The first-order chi connectivity index (χ1) is 7.65. The first kappa shape index (κ1) is 10.4. The Hall–Kier alpha value is -2.17. The van der Waals surface area contributed by atoms with Gasteiger partial charge in [0.25, 0.3) is 0 Å². The number of hydrogen-bond acceptors (Lipinski definition) is 4. The Bertz CT molecular complexity index is 516. The molecule has 0 unspecified atom stereocenters. The van der Waals surface area contributed by atoms with Crippen molar-refractivity contribution in [3.63, 3.8) is 0 Å². The number of nitrogens with two attached hydrogens (primary N) is 1. The maximum absolute atomic E-state index is 13.1. The highest BCUT2D eigenvalue weighted by Crippen LogP contribution is 2.22. The molecule has 0 aliphatic heterocycles. The van der Waals surface area contributed by atoms with Gasteiger partial charge >= 0.3 is 0 Å². The molecule has 0 aliphatic carbocycles. The van der Waals surface area contributed by atoms with E-state index in [4.69, 9.17) is 10.5 Å². The average molecular weight is 219 g/mol. The zero-order chi connectivity index (χ0) is 11.5. The summed E-state index contributed by atoms with van der Waals surface area (Å²) in [6.07, 6.45) is 1.39. The first-order valence-corrected chi connectivity index (χ1v) is 4.66. The summed E-state index contributed by atoms with van der Waals surface area (Å²) in [4.78, 5) is 7.83. The Morgan fingerprint density at radius 1 is 1.25 bits per heavy atom. The molecule has 2 N–H and O–H groups in total. The van der Waals surface area contributed by atoms with Crippen molar-refractivity contribution >= 4 is 5.69 Å². The van der Waals surface area contributed by atoms with Crippen molar-refractivity contribution in [3.8, 4) is 11.6 Å². The third kappa shape index (κ3) is 2.25. The van der Waals surface area contributed by atoms with E-state index in [1.165, 1.54) is 18.5 Å². The molecule has 1 aromatic carbocycles. The average Bonchev–Trinajstić information content (AvgIpc) is 2.24. The van der Waals surface area contributed by atoms with Crippen LogP contribution < -0.4 is 10.5 Å². The van der Waals surface area contributed by atoms with Gasteiger partial charge in [-0.1, -0.05) is 0 Å². The van der Waals surface area contributed by atoms with Crippen LogP contribution in [0.5, 0.6) is 11.6 Å². The van der Waals surface area contributed by atoms with E-state index in [0.717, 1.165) is 5.69 Å². The van der Waals surface area contributed by atoms with E-state index in [0.29, 0.717) is 11.6 Å². The molecule has 2 aromatic rings. The predicted octanol–water partition coefficient (Wildman–Crippen LogP) is 2.30. The van der Waals surface area contributed by atoms with Gasteiger partial charge in [-0.3, -0.25) is 0 Å². The summed E-state index contributed by atoms with van der Waals surface area (Å²) >= 11 is 0. The van der Waals surface area contributed by atoms with Gasteiger partial charge in [-0.2, -0.15) is 0 Å². The van der Waals surface area contributed by atoms with Crippen molar-refractivity contribution in [1.82, 2.24) is 9.97 Å². The van der Waals surface area contributed by atoms with E-state index in [2.05, 4.69) is 9.97 Å². The number of aryl methyl sites for hydroxylation is 1. The van der Waals surface area contributed by atoms with Crippen LogP contribution in [0.4, 0.5) is 10.1 Å². The number of ether oxygens (including phenoxy) is 1. The number of rotatable bonds is 2. The van der Waals surface area contributed by atoms with Crippen molar-refractivity contribution in [2.24, 2.45) is 0 Å². The summed E-state index contributed by atoms with van der Waals surface area (Å²) in [6.45, 7) is 1.82. The van der Waals surface area contributed by atoms with E-state index in [-0.39, 0.29) is 5.69 Å². The van der Waals surface area contributed by atoms with Gasteiger partial charge in [-0.25, -0.2) is 14.4 Å². The fourth-order valence-electron chi connectivity index (χ4n) is 1.18. The maximum atomic E-state index is 13.1. The van der Waals surface area contributed by atoms with E-state index in [1.54, 1.807) is 12.1 Å². The number of aromatic nitrogens is 2. The first-order valence-electron chi connectivity index (χ1n) is 4.66. The molecule has 0 radical (unpaired) electrons. The minimum Gasteiger partial charge on any atom is -0.439 e. The molecule has 16 heavy (non-hydrogen) atoms. The molecule has 0 saturated heterocycles. The molecule has 2 rings (SSSR count). The van der Waals surface area contributed by atoms with Crippen LogP contribution in [0.1, 0.15) is 5.69 Å². The Labute approximate surface area is 91.9 Å². The highest BCUT2D eigenvalue weighted by atomic mass is 19.1. The van der Waals surface area contributed by atoms with Crippen LogP contribution in [0.2, 0.25) is 0 Å². The second-order valence-corrected chi connectivity index (χ2v) is 3.28. The Morgan fingerprint density at radius 3 is 2.75 bits per heavy atom. The lowest BCUT2D eigenvalue weighted by Crippen LogP contribution is -1.93. The van der Waals surface area contributed by atoms with Crippen LogP contribution in [0.15, 0.2) is 30.6 Å². The van der Waals surface area contributed by atoms with Crippen molar-refractivity contribution in [2.75, 3.05) is 5.73 Å². The summed E-state index contributed by atoms with van der Waals surface area (Å²) in [6, 6.07) is 5.90. The standard InChI is InChI=1S/C11H10FN3O/c1-7-4-11(15-6-14-7)16-8-2-3-10(13)9(12)5-8/h2-6H,13H2,1H3. The van der Waals surface area contributed by atoms with E-state index in [1.807, 2.05) is 6.92 Å². The van der Waals surface area contributed by atoms with Gasteiger partial charge in [-0.05, 0) is 19.1 Å². The number of benzene rings is 1. The quantitative estimate of drug-likeness (QED) is 0.787. The predicted molar refractivity (Wildman–Crippen MR) is 57.7 cm³/mol. The van der Waals surface area contributed by atoms with Crippen LogP contribution in [0.25, 0.3) is 0 Å². The fraction of sp³-hybridized carbons (Fsp3) is 0.0909.